The number of β-lactam (4-membered cyclic amide) rings is 1. The Hall–Kier alpha value is -1.89. The zero-order valence-corrected chi connectivity index (χ0v) is 17.4. The van der Waals surface area contributed by atoms with E-state index in [4.69, 9.17) is 4.74 Å². The Bertz CT molecular complexity index is 834. The van der Waals surface area contributed by atoms with Crippen LogP contribution in [0.5, 0.6) is 5.75 Å². The van der Waals surface area contributed by atoms with Gasteiger partial charge in [-0.2, -0.15) is 0 Å². The quantitative estimate of drug-likeness (QED) is 0.123. The number of nitro benzene ring substituents is 1. The van der Waals surface area contributed by atoms with Crippen molar-refractivity contribution in [2.75, 3.05) is 4.43 Å². The Balaban J connectivity index is 1.98. The van der Waals surface area contributed by atoms with Crippen LogP contribution in [0.4, 0.5) is 5.69 Å². The van der Waals surface area contributed by atoms with Crippen molar-refractivity contribution in [2.45, 2.75) is 36.1 Å². The fourth-order valence-corrected chi connectivity index (χ4v) is 6.05. The van der Waals surface area contributed by atoms with Crippen LogP contribution in [-0.2, 0) is 14.4 Å². The molecule has 9 nitrogen and oxygen atoms in total. The molecule has 0 aliphatic carbocycles. The predicted octanol–water partition coefficient (Wildman–Crippen LogP) is 1.83. The van der Waals surface area contributed by atoms with Gasteiger partial charge in [0.05, 0.1) is 21.5 Å². The number of benzene rings is 1. The van der Waals surface area contributed by atoms with Crippen molar-refractivity contribution in [3.63, 3.8) is 0 Å². The van der Waals surface area contributed by atoms with Crippen LogP contribution in [0.2, 0.25) is 0 Å². The van der Waals surface area contributed by atoms with Crippen LogP contribution in [0.1, 0.15) is 20.3 Å². The molecule has 0 bridgehead atoms. The van der Waals surface area contributed by atoms with Crippen molar-refractivity contribution in [3.05, 3.63) is 34.4 Å². The van der Waals surface area contributed by atoms with Gasteiger partial charge in [0, 0.05) is 23.5 Å². The van der Waals surface area contributed by atoms with Gasteiger partial charge in [0.25, 0.3) is 5.69 Å². The Kier molecular flexibility index (Phi) is 5.10. The second-order valence-electron chi connectivity index (χ2n) is 6.44. The number of nitrogens with zero attached hydrogens (tertiary/aromatic N) is 2. The van der Waals surface area contributed by atoms with E-state index in [1.807, 2.05) is 6.92 Å². The van der Waals surface area contributed by atoms with Gasteiger partial charge in [-0.15, -0.1) is 11.8 Å². The lowest BCUT2D eigenvalue weighted by atomic mass is 9.89. The topological polar surface area (TPSA) is 119 Å². The summed E-state index contributed by atoms with van der Waals surface area (Å²) in [6.45, 7) is 3.08. The predicted molar refractivity (Wildman–Crippen MR) is 105 cm³/mol. The highest BCUT2D eigenvalue weighted by molar-refractivity contribution is 14.1. The molecule has 0 saturated carbocycles. The highest BCUT2D eigenvalue weighted by Gasteiger charge is 2.72. The summed E-state index contributed by atoms with van der Waals surface area (Å²) in [6, 6.07) is 5.03. The molecule has 2 aliphatic heterocycles. The lowest BCUT2D eigenvalue weighted by Gasteiger charge is -2.47. The lowest BCUT2D eigenvalue weighted by molar-refractivity contribution is -0.384. The van der Waals surface area contributed by atoms with E-state index in [-0.39, 0.29) is 22.7 Å². The lowest BCUT2D eigenvalue weighted by Crippen LogP contribution is -2.76. The Labute approximate surface area is 172 Å². The van der Waals surface area contributed by atoms with Gasteiger partial charge in [-0.05, 0) is 19.1 Å². The third-order valence-electron chi connectivity index (χ3n) is 4.59. The van der Waals surface area contributed by atoms with E-state index >= 15 is 0 Å². The maximum atomic E-state index is 13.2. The monoisotopic (exact) mass is 505 g/mol. The van der Waals surface area contributed by atoms with Crippen LogP contribution in [0.3, 0.4) is 0 Å². The van der Waals surface area contributed by atoms with Crippen molar-refractivity contribution in [1.29, 1.82) is 0 Å². The third kappa shape index (κ3) is 3.06. The molecular formula is C16H16IN3O6S. The van der Waals surface area contributed by atoms with Gasteiger partial charge in [-0.25, -0.2) is 4.79 Å². The molecule has 3 rings (SSSR count). The van der Waals surface area contributed by atoms with Crippen molar-refractivity contribution in [2.24, 2.45) is 0 Å². The minimum Gasteiger partial charge on any atom is -0.423 e. The van der Waals surface area contributed by atoms with E-state index in [0.717, 1.165) is 0 Å². The molecule has 3 atom stereocenters. The van der Waals surface area contributed by atoms with Gasteiger partial charge in [0.1, 0.15) is 5.75 Å². The summed E-state index contributed by atoms with van der Waals surface area (Å²) in [5.41, 5.74) is -1.79. The van der Waals surface area contributed by atoms with Crippen LogP contribution >= 0.6 is 34.4 Å². The van der Waals surface area contributed by atoms with Crippen LogP contribution in [-0.4, -0.2) is 47.8 Å². The zero-order valence-electron chi connectivity index (χ0n) is 14.4. The normalized spacial score (nSPS) is 28.9. The number of carbonyl (C=O) groups is 3. The van der Waals surface area contributed by atoms with Gasteiger partial charge in [0.2, 0.25) is 17.5 Å². The third-order valence-corrected chi connectivity index (χ3v) is 8.25. The van der Waals surface area contributed by atoms with E-state index in [0.29, 0.717) is 10.8 Å². The molecule has 2 heterocycles. The number of halogens is 1. The summed E-state index contributed by atoms with van der Waals surface area (Å²) in [5, 5.41) is 13.2. The van der Waals surface area contributed by atoms with Crippen LogP contribution < -0.4 is 10.1 Å². The largest absolute Gasteiger partial charge is 0.423 e. The van der Waals surface area contributed by atoms with Crippen LogP contribution in [0.15, 0.2) is 24.3 Å². The first-order valence-corrected chi connectivity index (χ1v) is 10.4. The standard InChI is InChI=1S/C16H16IN3O6S/c1-9(21)18-16(15(2,8-17)27-13-7-12(22)19(13)16)14(23)26-11-5-3-10(4-6-11)20(24)25/h3-6,13H,7-8H2,1-2H3,(H,18,21)/t13-,15?,16?/m1/s1. The smallest absolute Gasteiger partial charge is 0.360 e. The number of hydrogen-bond donors (Lipinski definition) is 1. The zero-order chi connectivity index (χ0) is 20.0. The molecule has 144 valence electrons. The van der Waals surface area contributed by atoms with Crippen LogP contribution in [0.25, 0.3) is 0 Å². The summed E-state index contributed by atoms with van der Waals surface area (Å²) in [6.07, 6.45) is 0.295. The summed E-state index contributed by atoms with van der Waals surface area (Å²) in [7, 11) is 0. The van der Waals surface area contributed by atoms with Crippen molar-refractivity contribution in [3.8, 4) is 5.75 Å². The first kappa shape index (κ1) is 19.9. The molecule has 1 aromatic rings. The van der Waals surface area contributed by atoms with E-state index in [1.54, 1.807) is 0 Å². The summed E-state index contributed by atoms with van der Waals surface area (Å²) in [4.78, 5) is 49.0. The highest BCUT2D eigenvalue weighted by atomic mass is 127. The van der Waals surface area contributed by atoms with E-state index in [1.165, 1.54) is 47.9 Å². The minimum absolute atomic E-state index is 0.0903. The fraction of sp³-hybridized carbons (Fsp3) is 0.438. The summed E-state index contributed by atoms with van der Waals surface area (Å²) in [5.74, 6) is -1.41. The number of nitrogens with one attached hydrogen (secondary N) is 1. The SMILES string of the molecule is CC(=O)NC1(C(=O)Oc2ccc([N+](=O)[O-])cc2)N2C(=O)C[C@H]2SC1(C)CI. The number of thioether (sulfide) groups is 1. The maximum absolute atomic E-state index is 13.2. The van der Waals surface area contributed by atoms with Crippen molar-refractivity contribution < 1.29 is 24.0 Å². The number of rotatable bonds is 5. The van der Waals surface area contributed by atoms with Gasteiger partial charge in [-0.1, -0.05) is 22.6 Å². The molecule has 2 saturated heterocycles. The Morgan fingerprint density at radius 3 is 2.56 bits per heavy atom. The minimum atomic E-state index is -1.65. The first-order valence-electron chi connectivity index (χ1n) is 7.96. The molecule has 2 unspecified atom stereocenters. The van der Waals surface area contributed by atoms with E-state index in [9.17, 15) is 24.5 Å². The number of fused-ring (bicyclic) bond motifs is 1. The molecule has 1 aromatic carbocycles. The van der Waals surface area contributed by atoms with Crippen molar-refractivity contribution >= 4 is 57.8 Å². The number of non-ortho nitro benzene ring substituents is 1. The number of ether oxygens (including phenoxy) is 1. The summed E-state index contributed by atoms with van der Waals surface area (Å²) >= 11 is 3.57. The molecule has 2 aliphatic rings. The molecule has 1 N–H and O–H groups in total. The number of nitro groups is 1. The number of amides is 2. The Morgan fingerprint density at radius 1 is 1.44 bits per heavy atom. The first-order chi connectivity index (χ1) is 12.6. The molecule has 0 radical (unpaired) electrons. The van der Waals surface area contributed by atoms with Gasteiger partial charge in [-0.3, -0.25) is 24.6 Å². The highest BCUT2D eigenvalue weighted by Crippen LogP contribution is 2.56. The maximum Gasteiger partial charge on any atom is 0.360 e. The number of alkyl halides is 1. The van der Waals surface area contributed by atoms with E-state index in [2.05, 4.69) is 27.9 Å². The van der Waals surface area contributed by atoms with Crippen LogP contribution in [0, 0.1) is 10.1 Å². The fourth-order valence-electron chi connectivity index (χ4n) is 3.28. The molecule has 0 aromatic heterocycles. The number of esters is 1. The second kappa shape index (κ2) is 6.93. The molecule has 2 amide bonds. The molecule has 2 fully saturated rings. The molecule has 27 heavy (non-hydrogen) atoms. The van der Waals surface area contributed by atoms with E-state index < -0.39 is 27.2 Å². The van der Waals surface area contributed by atoms with Crippen molar-refractivity contribution in [1.82, 2.24) is 10.2 Å². The van der Waals surface area contributed by atoms with Gasteiger partial charge < -0.3 is 10.1 Å². The molecule has 0 spiro atoms. The Morgan fingerprint density at radius 2 is 2.07 bits per heavy atom. The number of hydrogen-bond acceptors (Lipinski definition) is 7. The number of carbonyl (C=O) groups excluding carboxylic acids is 3. The second-order valence-corrected chi connectivity index (χ2v) is 8.88. The van der Waals surface area contributed by atoms with Gasteiger partial charge in [0.15, 0.2) is 0 Å². The summed E-state index contributed by atoms with van der Waals surface area (Å²) < 4.78 is 5.13. The average Bonchev–Trinajstić information content (AvgIpc) is 2.79. The molecular weight excluding hydrogens is 489 g/mol. The van der Waals surface area contributed by atoms with Gasteiger partial charge >= 0.3 is 5.97 Å². The average molecular weight is 505 g/mol. The molecule has 11 heteroatoms.